The molecule has 3 N–H and O–H groups in total. The van der Waals surface area contributed by atoms with Crippen molar-refractivity contribution in [3.8, 4) is 5.75 Å². The van der Waals surface area contributed by atoms with Gasteiger partial charge in [0.05, 0.1) is 5.56 Å². The van der Waals surface area contributed by atoms with Crippen molar-refractivity contribution in [2.45, 2.75) is 26.7 Å². The molecule has 1 aromatic carbocycles. The minimum absolute atomic E-state index is 0.101. The summed E-state index contributed by atoms with van der Waals surface area (Å²) in [5.41, 5.74) is 3.64. The van der Waals surface area contributed by atoms with E-state index >= 15 is 0 Å². The summed E-state index contributed by atoms with van der Waals surface area (Å²) in [4.78, 5) is 11.2. The van der Waals surface area contributed by atoms with Gasteiger partial charge in [-0.3, -0.25) is 10.0 Å². The van der Waals surface area contributed by atoms with Crippen LogP contribution < -0.4 is 5.48 Å². The van der Waals surface area contributed by atoms with Gasteiger partial charge >= 0.3 is 0 Å². The molecule has 1 aromatic rings. The van der Waals surface area contributed by atoms with E-state index in [4.69, 9.17) is 5.21 Å². The number of phenolic OH excluding ortho intramolecular Hbond substituents is 1. The average molecular weight is 209 g/mol. The number of carbonyl (C=O) groups excluding carboxylic acids is 1. The number of hydrogen-bond acceptors (Lipinski definition) is 3. The summed E-state index contributed by atoms with van der Waals surface area (Å²) >= 11 is 0. The SMILES string of the molecule is CCc1cc(O)c(C(=O)NO)cc1CC. The van der Waals surface area contributed by atoms with E-state index in [1.165, 1.54) is 5.48 Å². The number of hydroxylamine groups is 1. The van der Waals surface area contributed by atoms with Crippen LogP contribution >= 0.6 is 0 Å². The summed E-state index contributed by atoms with van der Waals surface area (Å²) in [6.45, 7) is 3.96. The van der Waals surface area contributed by atoms with Crippen molar-refractivity contribution >= 4 is 5.91 Å². The van der Waals surface area contributed by atoms with Gasteiger partial charge in [-0.15, -0.1) is 0 Å². The highest BCUT2D eigenvalue weighted by molar-refractivity contribution is 5.96. The van der Waals surface area contributed by atoms with E-state index in [9.17, 15) is 9.90 Å². The molecule has 0 saturated heterocycles. The van der Waals surface area contributed by atoms with Crippen LogP contribution in [0.3, 0.4) is 0 Å². The Morgan fingerprint density at radius 3 is 2.27 bits per heavy atom. The quantitative estimate of drug-likeness (QED) is 0.523. The van der Waals surface area contributed by atoms with E-state index in [1.54, 1.807) is 12.1 Å². The van der Waals surface area contributed by atoms with Gasteiger partial charge in [0.25, 0.3) is 5.91 Å². The van der Waals surface area contributed by atoms with E-state index in [2.05, 4.69) is 0 Å². The molecule has 0 radical (unpaired) electrons. The molecule has 15 heavy (non-hydrogen) atoms. The first-order valence-electron chi connectivity index (χ1n) is 4.93. The minimum Gasteiger partial charge on any atom is -0.507 e. The molecule has 0 fully saturated rings. The van der Waals surface area contributed by atoms with Crippen LogP contribution in [0.1, 0.15) is 35.3 Å². The molecule has 0 aliphatic heterocycles. The summed E-state index contributed by atoms with van der Waals surface area (Å²) in [6.07, 6.45) is 1.59. The zero-order chi connectivity index (χ0) is 11.4. The molecular formula is C11H15NO3. The van der Waals surface area contributed by atoms with Gasteiger partial charge in [0.15, 0.2) is 0 Å². The predicted octanol–water partition coefficient (Wildman–Crippen LogP) is 1.64. The maximum Gasteiger partial charge on any atom is 0.278 e. The molecule has 0 bridgehead atoms. The standard InChI is InChI=1S/C11H15NO3/c1-3-7-5-9(11(14)12-15)10(13)6-8(7)4-2/h5-6,13,15H,3-4H2,1-2H3,(H,12,14). The molecule has 0 atom stereocenters. The Balaban J connectivity index is 3.25. The predicted molar refractivity (Wildman–Crippen MR) is 56.1 cm³/mol. The van der Waals surface area contributed by atoms with Gasteiger partial charge in [0, 0.05) is 0 Å². The van der Waals surface area contributed by atoms with Gasteiger partial charge in [0.2, 0.25) is 0 Å². The fourth-order valence-corrected chi connectivity index (χ4v) is 1.58. The fraction of sp³-hybridized carbons (Fsp3) is 0.364. The summed E-state index contributed by atoms with van der Waals surface area (Å²) in [5, 5.41) is 18.1. The Morgan fingerprint density at radius 1 is 1.27 bits per heavy atom. The van der Waals surface area contributed by atoms with Crippen LogP contribution in [-0.2, 0) is 12.8 Å². The maximum atomic E-state index is 11.2. The second-order valence-corrected chi connectivity index (χ2v) is 3.29. The minimum atomic E-state index is -0.690. The lowest BCUT2D eigenvalue weighted by Crippen LogP contribution is -2.19. The first kappa shape index (κ1) is 11.5. The number of aryl methyl sites for hydroxylation is 2. The van der Waals surface area contributed by atoms with Gasteiger partial charge in [-0.1, -0.05) is 13.8 Å². The maximum absolute atomic E-state index is 11.2. The van der Waals surface area contributed by atoms with Gasteiger partial charge in [-0.2, -0.15) is 0 Å². The average Bonchev–Trinajstić information content (AvgIpc) is 2.27. The van der Waals surface area contributed by atoms with Gasteiger partial charge in [-0.05, 0) is 36.1 Å². The van der Waals surface area contributed by atoms with Gasteiger partial charge in [0.1, 0.15) is 5.75 Å². The first-order chi connectivity index (χ1) is 7.13. The highest BCUT2D eigenvalue weighted by Gasteiger charge is 2.13. The van der Waals surface area contributed by atoms with Crippen molar-refractivity contribution in [3.05, 3.63) is 28.8 Å². The van der Waals surface area contributed by atoms with E-state index in [0.29, 0.717) is 0 Å². The Morgan fingerprint density at radius 2 is 1.80 bits per heavy atom. The monoisotopic (exact) mass is 209 g/mol. The Hall–Kier alpha value is -1.55. The topological polar surface area (TPSA) is 69.6 Å². The second kappa shape index (κ2) is 4.79. The van der Waals surface area contributed by atoms with Crippen LogP contribution in [0.25, 0.3) is 0 Å². The summed E-state index contributed by atoms with van der Waals surface area (Å²) in [7, 11) is 0. The third-order valence-corrected chi connectivity index (χ3v) is 2.43. The van der Waals surface area contributed by atoms with E-state index in [0.717, 1.165) is 24.0 Å². The molecule has 0 saturated carbocycles. The zero-order valence-electron chi connectivity index (χ0n) is 8.87. The lowest BCUT2D eigenvalue weighted by Gasteiger charge is -2.10. The normalized spacial score (nSPS) is 10.1. The zero-order valence-corrected chi connectivity index (χ0v) is 8.87. The van der Waals surface area contributed by atoms with Gasteiger partial charge < -0.3 is 5.11 Å². The molecule has 0 aliphatic carbocycles. The first-order valence-corrected chi connectivity index (χ1v) is 4.93. The molecule has 4 heteroatoms. The van der Waals surface area contributed by atoms with Crippen molar-refractivity contribution in [2.75, 3.05) is 0 Å². The van der Waals surface area contributed by atoms with E-state index in [-0.39, 0.29) is 11.3 Å². The van der Waals surface area contributed by atoms with Crippen molar-refractivity contribution in [1.29, 1.82) is 0 Å². The number of carbonyl (C=O) groups is 1. The highest BCUT2D eigenvalue weighted by Crippen LogP contribution is 2.23. The van der Waals surface area contributed by atoms with Crippen LogP contribution in [0, 0.1) is 0 Å². The lowest BCUT2D eigenvalue weighted by molar-refractivity contribution is 0.0703. The van der Waals surface area contributed by atoms with Crippen LogP contribution in [-0.4, -0.2) is 16.2 Å². The lowest BCUT2D eigenvalue weighted by atomic mass is 9.99. The molecule has 82 valence electrons. The van der Waals surface area contributed by atoms with Crippen LogP contribution in [0.2, 0.25) is 0 Å². The number of rotatable bonds is 3. The van der Waals surface area contributed by atoms with Crippen molar-refractivity contribution in [3.63, 3.8) is 0 Å². The van der Waals surface area contributed by atoms with E-state index in [1.807, 2.05) is 13.8 Å². The van der Waals surface area contributed by atoms with E-state index < -0.39 is 5.91 Å². The number of aromatic hydroxyl groups is 1. The van der Waals surface area contributed by atoms with Crippen LogP contribution in [0.4, 0.5) is 0 Å². The van der Waals surface area contributed by atoms with Gasteiger partial charge in [-0.25, -0.2) is 5.48 Å². The fourth-order valence-electron chi connectivity index (χ4n) is 1.58. The molecule has 0 spiro atoms. The Bertz CT molecular complexity index is 374. The number of phenols is 1. The molecule has 1 rings (SSSR count). The smallest absolute Gasteiger partial charge is 0.278 e. The molecule has 0 heterocycles. The Labute approximate surface area is 88.5 Å². The van der Waals surface area contributed by atoms with Crippen molar-refractivity contribution in [1.82, 2.24) is 5.48 Å². The molecule has 0 aliphatic rings. The summed E-state index contributed by atoms with van der Waals surface area (Å²) < 4.78 is 0. The highest BCUT2D eigenvalue weighted by atomic mass is 16.5. The number of amides is 1. The van der Waals surface area contributed by atoms with Crippen LogP contribution in [0.15, 0.2) is 12.1 Å². The third kappa shape index (κ3) is 2.27. The van der Waals surface area contributed by atoms with Crippen LogP contribution in [0.5, 0.6) is 5.75 Å². The molecule has 0 unspecified atom stereocenters. The molecule has 4 nitrogen and oxygen atoms in total. The molecular weight excluding hydrogens is 194 g/mol. The van der Waals surface area contributed by atoms with Crippen molar-refractivity contribution < 1.29 is 15.1 Å². The number of hydrogen-bond donors (Lipinski definition) is 3. The summed E-state index contributed by atoms with van der Waals surface area (Å²) in [6, 6.07) is 3.18. The summed E-state index contributed by atoms with van der Waals surface area (Å²) in [5.74, 6) is -0.791. The molecule has 0 aromatic heterocycles. The van der Waals surface area contributed by atoms with Crippen molar-refractivity contribution in [2.24, 2.45) is 0 Å². The number of benzene rings is 1. The Kier molecular flexibility index (Phi) is 3.68. The molecule has 1 amide bonds. The third-order valence-electron chi connectivity index (χ3n) is 2.43. The second-order valence-electron chi connectivity index (χ2n) is 3.29. The number of nitrogens with one attached hydrogen (secondary N) is 1. The largest absolute Gasteiger partial charge is 0.507 e.